The van der Waals surface area contributed by atoms with E-state index in [2.05, 4.69) is 5.32 Å². The second kappa shape index (κ2) is 5.88. The highest BCUT2D eigenvalue weighted by Gasteiger charge is 2.19. The molecule has 0 aliphatic carbocycles. The fourth-order valence-corrected chi connectivity index (χ4v) is 1.87. The first-order chi connectivity index (χ1) is 9.47. The zero-order valence-electron chi connectivity index (χ0n) is 10.2. The largest absolute Gasteiger partial charge is 0.370 e. The maximum Gasteiger partial charge on any atom is 0.244 e. The smallest absolute Gasteiger partial charge is 0.244 e. The molecule has 0 bridgehead atoms. The van der Waals surface area contributed by atoms with Crippen LogP contribution in [0.4, 0.5) is 14.5 Å². The van der Waals surface area contributed by atoms with Crippen molar-refractivity contribution in [2.45, 2.75) is 6.04 Å². The van der Waals surface area contributed by atoms with Gasteiger partial charge in [0.2, 0.25) is 5.91 Å². The van der Waals surface area contributed by atoms with Crippen LogP contribution in [0.2, 0.25) is 5.02 Å². The Balaban J connectivity index is 2.32. The van der Waals surface area contributed by atoms with Crippen LogP contribution in [0.25, 0.3) is 0 Å². The third-order valence-electron chi connectivity index (χ3n) is 2.70. The molecule has 3 N–H and O–H groups in total. The molecule has 1 amide bonds. The molecule has 2 rings (SSSR count). The van der Waals surface area contributed by atoms with Crippen LogP contribution in [0.1, 0.15) is 11.6 Å². The van der Waals surface area contributed by atoms with Crippen LogP contribution >= 0.6 is 11.6 Å². The van der Waals surface area contributed by atoms with E-state index in [1.807, 2.05) is 0 Å². The van der Waals surface area contributed by atoms with Crippen molar-refractivity contribution >= 4 is 23.2 Å². The Labute approximate surface area is 119 Å². The molecule has 1 atom stereocenters. The molecule has 104 valence electrons. The minimum atomic E-state index is -0.983. The Hall–Kier alpha value is -2.14. The first-order valence-corrected chi connectivity index (χ1v) is 6.11. The van der Waals surface area contributed by atoms with Gasteiger partial charge >= 0.3 is 0 Å². The van der Waals surface area contributed by atoms with Gasteiger partial charge in [0.25, 0.3) is 0 Å². The number of hydrogen-bond acceptors (Lipinski definition) is 2. The normalized spacial score (nSPS) is 11.9. The summed E-state index contributed by atoms with van der Waals surface area (Å²) in [6.07, 6.45) is 0. The van der Waals surface area contributed by atoms with Gasteiger partial charge in [0.05, 0.1) is 5.02 Å². The van der Waals surface area contributed by atoms with Crippen molar-refractivity contribution in [2.24, 2.45) is 5.73 Å². The number of carbonyl (C=O) groups excluding carboxylic acids is 1. The van der Waals surface area contributed by atoms with E-state index in [1.54, 1.807) is 6.07 Å². The first kappa shape index (κ1) is 14.3. The van der Waals surface area contributed by atoms with Crippen molar-refractivity contribution in [3.05, 3.63) is 64.7 Å². The summed E-state index contributed by atoms with van der Waals surface area (Å²) in [5.41, 5.74) is 5.97. The van der Waals surface area contributed by atoms with E-state index in [-0.39, 0.29) is 5.02 Å². The lowest BCUT2D eigenvalue weighted by Gasteiger charge is -2.17. The van der Waals surface area contributed by atoms with E-state index in [0.29, 0.717) is 11.3 Å². The average Bonchev–Trinajstić information content (AvgIpc) is 2.39. The van der Waals surface area contributed by atoms with Crippen molar-refractivity contribution in [2.75, 3.05) is 5.32 Å². The summed E-state index contributed by atoms with van der Waals surface area (Å²) in [7, 11) is 0. The molecule has 0 aliphatic rings. The van der Waals surface area contributed by atoms with Gasteiger partial charge in [-0.3, -0.25) is 4.79 Å². The fraction of sp³-hybridized carbons (Fsp3) is 0.0714. The monoisotopic (exact) mass is 296 g/mol. The maximum atomic E-state index is 13.4. The molecule has 20 heavy (non-hydrogen) atoms. The van der Waals surface area contributed by atoms with Crippen LogP contribution in [-0.4, -0.2) is 5.91 Å². The molecular weight excluding hydrogens is 286 g/mol. The van der Waals surface area contributed by atoms with Gasteiger partial charge in [0, 0.05) is 5.69 Å². The summed E-state index contributed by atoms with van der Waals surface area (Å²) in [4.78, 5) is 11.5. The molecule has 0 aromatic heterocycles. The Kier molecular flexibility index (Phi) is 4.20. The van der Waals surface area contributed by atoms with E-state index in [1.165, 1.54) is 30.3 Å². The van der Waals surface area contributed by atoms with Crippen LogP contribution in [0.15, 0.2) is 42.5 Å². The van der Waals surface area contributed by atoms with Gasteiger partial charge < -0.3 is 11.1 Å². The maximum absolute atomic E-state index is 13.4. The van der Waals surface area contributed by atoms with Crippen molar-refractivity contribution < 1.29 is 13.6 Å². The predicted molar refractivity (Wildman–Crippen MR) is 73.4 cm³/mol. The third-order valence-corrected chi connectivity index (χ3v) is 3.00. The summed E-state index contributed by atoms with van der Waals surface area (Å²) in [6.45, 7) is 0. The van der Waals surface area contributed by atoms with Crippen LogP contribution < -0.4 is 11.1 Å². The van der Waals surface area contributed by atoms with Crippen molar-refractivity contribution in [1.29, 1.82) is 0 Å². The van der Waals surface area contributed by atoms with Gasteiger partial charge in [-0.05, 0) is 35.9 Å². The number of amides is 1. The minimum Gasteiger partial charge on any atom is -0.370 e. The van der Waals surface area contributed by atoms with Gasteiger partial charge in [0.15, 0.2) is 0 Å². The molecule has 6 heteroatoms. The van der Waals surface area contributed by atoms with Crippen LogP contribution in [0.5, 0.6) is 0 Å². The lowest BCUT2D eigenvalue weighted by atomic mass is 10.1. The third kappa shape index (κ3) is 3.24. The number of benzene rings is 2. The standard InChI is InChI=1S/C14H11ClF2N2O/c15-11-5-4-8(6-12(11)17)13(14(18)20)19-10-3-1-2-9(16)7-10/h1-7,13,19H,(H2,18,20). The Bertz CT molecular complexity index is 649. The first-order valence-electron chi connectivity index (χ1n) is 5.74. The fourth-order valence-electron chi connectivity index (χ4n) is 1.76. The number of halogens is 3. The van der Waals surface area contributed by atoms with E-state index in [0.717, 1.165) is 6.07 Å². The number of anilines is 1. The van der Waals surface area contributed by atoms with E-state index >= 15 is 0 Å². The molecule has 0 fully saturated rings. The zero-order chi connectivity index (χ0) is 14.7. The summed E-state index contributed by atoms with van der Waals surface area (Å²) in [6, 6.07) is 8.48. The molecule has 1 unspecified atom stereocenters. The lowest BCUT2D eigenvalue weighted by Crippen LogP contribution is -2.27. The Morgan fingerprint density at radius 2 is 1.95 bits per heavy atom. The van der Waals surface area contributed by atoms with Gasteiger partial charge in [-0.2, -0.15) is 0 Å². The highest BCUT2D eigenvalue weighted by molar-refractivity contribution is 6.30. The lowest BCUT2D eigenvalue weighted by molar-refractivity contribution is -0.118. The zero-order valence-corrected chi connectivity index (χ0v) is 11.0. The predicted octanol–water partition coefficient (Wildman–Crippen LogP) is 3.26. The van der Waals surface area contributed by atoms with E-state index in [4.69, 9.17) is 17.3 Å². The van der Waals surface area contributed by atoms with E-state index < -0.39 is 23.6 Å². The second-order valence-corrected chi connectivity index (χ2v) is 4.57. The molecule has 2 aromatic carbocycles. The number of nitrogens with one attached hydrogen (secondary N) is 1. The molecule has 0 spiro atoms. The highest BCUT2D eigenvalue weighted by Crippen LogP contribution is 2.23. The molecule has 0 radical (unpaired) electrons. The molecular formula is C14H11ClF2N2O. The molecule has 0 heterocycles. The number of primary amides is 1. The number of hydrogen-bond donors (Lipinski definition) is 2. The van der Waals surface area contributed by atoms with E-state index in [9.17, 15) is 13.6 Å². The average molecular weight is 297 g/mol. The molecule has 0 aliphatic heterocycles. The van der Waals surface area contributed by atoms with Crippen molar-refractivity contribution in [3.63, 3.8) is 0 Å². The number of carbonyl (C=O) groups is 1. The Morgan fingerprint density at radius 1 is 1.20 bits per heavy atom. The summed E-state index contributed by atoms with van der Waals surface area (Å²) in [5.74, 6) is -1.83. The molecule has 0 saturated carbocycles. The summed E-state index contributed by atoms with van der Waals surface area (Å²) < 4.78 is 26.5. The second-order valence-electron chi connectivity index (χ2n) is 4.16. The molecule has 2 aromatic rings. The van der Waals surface area contributed by atoms with Crippen LogP contribution in [0.3, 0.4) is 0 Å². The van der Waals surface area contributed by atoms with Gasteiger partial charge in [-0.25, -0.2) is 8.78 Å². The number of rotatable bonds is 4. The topological polar surface area (TPSA) is 55.1 Å². The summed E-state index contributed by atoms with van der Waals surface area (Å²) >= 11 is 5.58. The molecule has 3 nitrogen and oxygen atoms in total. The van der Waals surface area contributed by atoms with Gasteiger partial charge in [-0.1, -0.05) is 23.7 Å². The highest BCUT2D eigenvalue weighted by atomic mass is 35.5. The SMILES string of the molecule is NC(=O)C(Nc1cccc(F)c1)c1ccc(Cl)c(F)c1. The minimum absolute atomic E-state index is 0.0530. The van der Waals surface area contributed by atoms with Gasteiger partial charge in [-0.15, -0.1) is 0 Å². The quantitative estimate of drug-likeness (QED) is 0.910. The van der Waals surface area contributed by atoms with Crippen molar-refractivity contribution in [3.8, 4) is 0 Å². The summed E-state index contributed by atoms with van der Waals surface area (Å²) in [5, 5.41) is 2.70. The van der Waals surface area contributed by atoms with Crippen molar-refractivity contribution in [1.82, 2.24) is 0 Å². The van der Waals surface area contributed by atoms with Crippen LogP contribution in [0, 0.1) is 11.6 Å². The van der Waals surface area contributed by atoms with Gasteiger partial charge in [0.1, 0.15) is 17.7 Å². The van der Waals surface area contributed by atoms with Crippen LogP contribution in [-0.2, 0) is 4.79 Å². The molecule has 0 saturated heterocycles. The number of nitrogens with two attached hydrogens (primary N) is 1. The Morgan fingerprint density at radius 3 is 2.55 bits per heavy atom.